The first-order valence-electron chi connectivity index (χ1n) is 10.4. The molecule has 1 spiro atoms. The van der Waals surface area contributed by atoms with Crippen molar-refractivity contribution in [3.8, 4) is 0 Å². The number of ether oxygens (including phenoxy) is 1. The molecular weight excluding hydrogens is 416 g/mol. The molecule has 2 aromatic carbocycles. The molecule has 1 heterocycles. The van der Waals surface area contributed by atoms with Crippen molar-refractivity contribution < 1.29 is 9.53 Å². The molecule has 30 heavy (non-hydrogen) atoms. The number of likely N-dealkylation sites (tertiary alicyclic amines) is 1. The summed E-state index contributed by atoms with van der Waals surface area (Å²) in [6, 6.07) is 16.6. The first-order valence-corrected chi connectivity index (χ1v) is 12.2. The summed E-state index contributed by atoms with van der Waals surface area (Å²) in [4.78, 5) is 14.9. The first kappa shape index (κ1) is 21.7. The van der Waals surface area contributed by atoms with Crippen LogP contribution in [0, 0.1) is 0 Å². The van der Waals surface area contributed by atoms with Crippen LogP contribution < -0.4 is 5.32 Å². The number of halogens is 1. The summed E-state index contributed by atoms with van der Waals surface area (Å²) >= 11 is 7.71. The van der Waals surface area contributed by atoms with Crippen molar-refractivity contribution in [1.29, 1.82) is 0 Å². The Bertz CT molecular complexity index is 898. The highest BCUT2D eigenvalue weighted by molar-refractivity contribution is 7.99. The standard InChI is InChI=1S/C24H29ClN2O2S/c1-29-23-22(26-21(28)16-30-2)19-8-3-4-9-20(19)24(23)10-12-27(13-11-24)15-17-6-5-7-18(25)14-17/h3-9,14,22-23H,10-13,15-16H2,1-2H3,(H,26,28)/t22-,23+/m1/s1. The van der Waals surface area contributed by atoms with E-state index in [9.17, 15) is 4.79 Å². The number of hydrogen-bond acceptors (Lipinski definition) is 4. The van der Waals surface area contributed by atoms with Gasteiger partial charge in [-0.05, 0) is 61.0 Å². The van der Waals surface area contributed by atoms with Gasteiger partial charge in [-0.2, -0.15) is 11.8 Å². The van der Waals surface area contributed by atoms with Crippen LogP contribution in [0.1, 0.15) is 35.6 Å². The van der Waals surface area contributed by atoms with Crippen molar-refractivity contribution in [3.63, 3.8) is 0 Å². The maximum Gasteiger partial charge on any atom is 0.230 e. The second kappa shape index (κ2) is 9.31. The number of carbonyl (C=O) groups is 1. The van der Waals surface area contributed by atoms with Gasteiger partial charge in [-0.1, -0.05) is 48.0 Å². The Morgan fingerprint density at radius 2 is 2.00 bits per heavy atom. The van der Waals surface area contributed by atoms with Crippen LogP contribution in [-0.2, 0) is 21.5 Å². The molecule has 2 aromatic rings. The lowest BCUT2D eigenvalue weighted by atomic mass is 9.72. The predicted octanol–water partition coefficient (Wildman–Crippen LogP) is 4.42. The average molecular weight is 445 g/mol. The molecule has 1 N–H and O–H groups in total. The lowest BCUT2D eigenvalue weighted by molar-refractivity contribution is -0.121. The number of hydrogen-bond donors (Lipinski definition) is 1. The minimum atomic E-state index is -0.0923. The minimum Gasteiger partial charge on any atom is -0.378 e. The summed E-state index contributed by atoms with van der Waals surface area (Å²) in [6.45, 7) is 2.89. The van der Waals surface area contributed by atoms with Crippen molar-refractivity contribution in [2.45, 2.75) is 36.9 Å². The number of thioether (sulfide) groups is 1. The van der Waals surface area contributed by atoms with Gasteiger partial charge in [-0.25, -0.2) is 0 Å². The summed E-state index contributed by atoms with van der Waals surface area (Å²) in [5.74, 6) is 0.537. The predicted molar refractivity (Wildman–Crippen MR) is 124 cm³/mol. The molecule has 0 bridgehead atoms. The molecule has 1 aliphatic heterocycles. The van der Waals surface area contributed by atoms with E-state index >= 15 is 0 Å². The summed E-state index contributed by atoms with van der Waals surface area (Å²) < 4.78 is 6.09. The lowest BCUT2D eigenvalue weighted by Crippen LogP contribution is -2.50. The monoisotopic (exact) mass is 444 g/mol. The van der Waals surface area contributed by atoms with Crippen LogP contribution in [-0.4, -0.2) is 49.1 Å². The van der Waals surface area contributed by atoms with Crippen molar-refractivity contribution in [3.05, 3.63) is 70.2 Å². The van der Waals surface area contributed by atoms with Gasteiger partial charge in [0.15, 0.2) is 0 Å². The zero-order valence-corrected chi connectivity index (χ0v) is 19.1. The van der Waals surface area contributed by atoms with Crippen LogP contribution in [0.25, 0.3) is 0 Å². The van der Waals surface area contributed by atoms with Crippen molar-refractivity contribution >= 4 is 29.3 Å². The molecule has 0 radical (unpaired) electrons. The molecule has 160 valence electrons. The molecule has 4 nitrogen and oxygen atoms in total. The molecule has 0 saturated carbocycles. The van der Waals surface area contributed by atoms with Gasteiger partial charge < -0.3 is 10.1 Å². The summed E-state index contributed by atoms with van der Waals surface area (Å²) in [7, 11) is 1.78. The topological polar surface area (TPSA) is 41.6 Å². The molecule has 0 unspecified atom stereocenters. The Labute approximate surface area is 188 Å². The first-order chi connectivity index (χ1) is 14.6. The molecule has 1 saturated heterocycles. The van der Waals surface area contributed by atoms with Gasteiger partial charge >= 0.3 is 0 Å². The smallest absolute Gasteiger partial charge is 0.230 e. The van der Waals surface area contributed by atoms with E-state index in [2.05, 4.69) is 40.5 Å². The number of nitrogens with one attached hydrogen (secondary N) is 1. The maximum atomic E-state index is 12.4. The highest BCUT2D eigenvalue weighted by Crippen LogP contribution is 2.52. The molecule has 1 amide bonds. The van der Waals surface area contributed by atoms with Crippen LogP contribution in [0.15, 0.2) is 48.5 Å². The Morgan fingerprint density at radius 1 is 1.23 bits per heavy atom. The van der Waals surface area contributed by atoms with Crippen LogP contribution in [0.3, 0.4) is 0 Å². The fourth-order valence-electron chi connectivity index (χ4n) is 5.28. The van der Waals surface area contributed by atoms with Crippen molar-refractivity contribution in [1.82, 2.24) is 10.2 Å². The zero-order valence-electron chi connectivity index (χ0n) is 17.6. The normalized spacial score (nSPS) is 22.8. The number of amides is 1. The number of benzene rings is 2. The van der Waals surface area contributed by atoms with Gasteiger partial charge in [0, 0.05) is 24.1 Å². The van der Waals surface area contributed by atoms with E-state index in [1.54, 1.807) is 18.9 Å². The second-order valence-corrected chi connectivity index (χ2v) is 9.59. The Balaban J connectivity index is 1.55. The highest BCUT2D eigenvalue weighted by Gasteiger charge is 2.53. The second-order valence-electron chi connectivity index (χ2n) is 8.28. The van der Waals surface area contributed by atoms with E-state index in [0.717, 1.165) is 37.5 Å². The Hall–Kier alpha value is -1.53. The molecule has 1 fully saturated rings. The highest BCUT2D eigenvalue weighted by atomic mass is 35.5. The lowest BCUT2D eigenvalue weighted by Gasteiger charge is -2.44. The molecule has 1 aliphatic carbocycles. The summed E-state index contributed by atoms with van der Waals surface area (Å²) in [6.07, 6.45) is 3.93. The summed E-state index contributed by atoms with van der Waals surface area (Å²) in [5.41, 5.74) is 3.74. The zero-order chi connectivity index (χ0) is 21.1. The third-order valence-electron chi connectivity index (χ3n) is 6.57. The third kappa shape index (κ3) is 4.13. The number of carbonyl (C=O) groups excluding carboxylic acids is 1. The number of fused-ring (bicyclic) bond motifs is 2. The number of piperidine rings is 1. The maximum absolute atomic E-state index is 12.4. The molecule has 2 aliphatic rings. The van der Waals surface area contributed by atoms with E-state index < -0.39 is 0 Å². The van der Waals surface area contributed by atoms with Crippen molar-refractivity contribution in [2.75, 3.05) is 32.2 Å². The molecule has 0 aromatic heterocycles. The van der Waals surface area contributed by atoms with E-state index in [0.29, 0.717) is 5.75 Å². The quantitative estimate of drug-likeness (QED) is 0.715. The van der Waals surface area contributed by atoms with Gasteiger partial charge in [0.2, 0.25) is 5.91 Å². The fraction of sp³-hybridized carbons (Fsp3) is 0.458. The van der Waals surface area contributed by atoms with Crippen molar-refractivity contribution in [2.24, 2.45) is 0 Å². The third-order valence-corrected chi connectivity index (χ3v) is 7.35. The van der Waals surface area contributed by atoms with E-state index in [1.165, 1.54) is 16.7 Å². The summed E-state index contributed by atoms with van der Waals surface area (Å²) in [5, 5.41) is 4.04. The van der Waals surface area contributed by atoms with E-state index in [4.69, 9.17) is 16.3 Å². The van der Waals surface area contributed by atoms with Gasteiger partial charge in [0.1, 0.15) is 0 Å². The van der Waals surface area contributed by atoms with Gasteiger partial charge in [0.05, 0.1) is 17.9 Å². The molecule has 4 rings (SSSR count). The fourth-order valence-corrected chi connectivity index (χ4v) is 5.83. The van der Waals surface area contributed by atoms with E-state index in [1.807, 2.05) is 24.5 Å². The Kier molecular flexibility index (Phi) is 6.73. The average Bonchev–Trinajstić information content (AvgIpc) is 2.99. The SMILES string of the molecule is CO[C@H]1[C@H](NC(=O)CSC)c2ccccc2C12CCN(Cc1cccc(Cl)c1)CC2. The minimum absolute atomic E-state index is 0.0472. The number of rotatable bonds is 6. The number of nitrogens with zero attached hydrogens (tertiary/aromatic N) is 1. The molecular formula is C24H29ClN2O2S. The molecule has 2 atom stereocenters. The van der Waals surface area contributed by atoms with Crippen LogP contribution in [0.4, 0.5) is 0 Å². The van der Waals surface area contributed by atoms with Crippen LogP contribution >= 0.6 is 23.4 Å². The van der Waals surface area contributed by atoms with Gasteiger partial charge in [-0.3, -0.25) is 9.69 Å². The van der Waals surface area contributed by atoms with E-state index in [-0.39, 0.29) is 23.5 Å². The molecule has 6 heteroatoms. The van der Waals surface area contributed by atoms with Crippen LogP contribution in [0.5, 0.6) is 0 Å². The van der Waals surface area contributed by atoms with Gasteiger partial charge in [-0.15, -0.1) is 0 Å². The largest absolute Gasteiger partial charge is 0.378 e. The Morgan fingerprint density at radius 3 is 2.70 bits per heavy atom. The number of methoxy groups -OCH3 is 1. The van der Waals surface area contributed by atoms with Crippen LogP contribution in [0.2, 0.25) is 5.02 Å². The van der Waals surface area contributed by atoms with Gasteiger partial charge in [0.25, 0.3) is 0 Å².